The number of carbonyl (C=O) groups is 1. The standard InChI is InChI=1S/C14H19BrN2OS/c15-11-3-5-13(6-4-11)19-9-1-2-14(18)17-8-7-12(16)10-17/h3-6,12H,1-2,7-10,16H2/t12-/m1/s1. The summed E-state index contributed by atoms with van der Waals surface area (Å²) in [7, 11) is 0. The van der Waals surface area contributed by atoms with Crippen LogP contribution in [-0.4, -0.2) is 35.7 Å². The first kappa shape index (κ1) is 14.9. The van der Waals surface area contributed by atoms with Gasteiger partial charge in [0, 0.05) is 34.9 Å². The van der Waals surface area contributed by atoms with Crippen LogP contribution in [0.5, 0.6) is 0 Å². The molecule has 1 fully saturated rings. The molecule has 1 amide bonds. The summed E-state index contributed by atoms with van der Waals surface area (Å²) < 4.78 is 1.09. The molecule has 0 radical (unpaired) electrons. The van der Waals surface area contributed by atoms with Gasteiger partial charge in [-0.1, -0.05) is 15.9 Å². The first-order valence-electron chi connectivity index (χ1n) is 6.57. The number of carbonyl (C=O) groups excluding carboxylic acids is 1. The summed E-state index contributed by atoms with van der Waals surface area (Å²) in [5.41, 5.74) is 5.80. The normalized spacial score (nSPS) is 18.8. The summed E-state index contributed by atoms with van der Waals surface area (Å²) in [6.45, 7) is 1.57. The van der Waals surface area contributed by atoms with Crippen molar-refractivity contribution in [2.45, 2.75) is 30.2 Å². The number of nitrogens with two attached hydrogens (primary N) is 1. The highest BCUT2D eigenvalue weighted by molar-refractivity contribution is 9.10. The maximum atomic E-state index is 11.9. The molecule has 1 saturated heterocycles. The Bertz CT molecular complexity index is 424. The minimum atomic E-state index is 0.182. The van der Waals surface area contributed by atoms with Gasteiger partial charge < -0.3 is 10.6 Å². The van der Waals surface area contributed by atoms with Crippen LogP contribution in [0.4, 0.5) is 0 Å². The lowest BCUT2D eigenvalue weighted by atomic mass is 10.3. The quantitative estimate of drug-likeness (QED) is 0.661. The summed E-state index contributed by atoms with van der Waals surface area (Å²) in [5, 5.41) is 0. The third-order valence-corrected chi connectivity index (χ3v) is 4.82. The molecule has 1 heterocycles. The van der Waals surface area contributed by atoms with Crippen molar-refractivity contribution >= 4 is 33.6 Å². The molecule has 19 heavy (non-hydrogen) atoms. The highest BCUT2D eigenvalue weighted by atomic mass is 79.9. The molecular formula is C14H19BrN2OS. The van der Waals surface area contributed by atoms with Crippen molar-refractivity contribution in [3.8, 4) is 0 Å². The molecule has 1 aliphatic heterocycles. The number of hydrogen-bond acceptors (Lipinski definition) is 3. The van der Waals surface area contributed by atoms with E-state index in [1.807, 2.05) is 17.0 Å². The summed E-state index contributed by atoms with van der Waals surface area (Å²) >= 11 is 5.22. The van der Waals surface area contributed by atoms with E-state index in [2.05, 4.69) is 28.1 Å². The first-order chi connectivity index (χ1) is 9.15. The highest BCUT2D eigenvalue weighted by Gasteiger charge is 2.22. The first-order valence-corrected chi connectivity index (χ1v) is 8.35. The van der Waals surface area contributed by atoms with Crippen LogP contribution in [0.15, 0.2) is 33.6 Å². The molecule has 1 atom stereocenters. The topological polar surface area (TPSA) is 46.3 Å². The average molecular weight is 343 g/mol. The number of benzene rings is 1. The number of hydrogen-bond donors (Lipinski definition) is 1. The predicted molar refractivity (Wildman–Crippen MR) is 83.3 cm³/mol. The monoisotopic (exact) mass is 342 g/mol. The van der Waals surface area contributed by atoms with E-state index in [0.717, 1.165) is 36.2 Å². The Kier molecular flexibility index (Phi) is 5.73. The Balaban J connectivity index is 1.64. The van der Waals surface area contributed by atoms with Gasteiger partial charge in [-0.05, 0) is 42.9 Å². The van der Waals surface area contributed by atoms with Gasteiger partial charge in [-0.15, -0.1) is 11.8 Å². The van der Waals surface area contributed by atoms with Crippen LogP contribution in [0.3, 0.4) is 0 Å². The molecule has 0 saturated carbocycles. The molecular weight excluding hydrogens is 324 g/mol. The van der Waals surface area contributed by atoms with Crippen LogP contribution in [0.2, 0.25) is 0 Å². The van der Waals surface area contributed by atoms with Crippen molar-refractivity contribution in [3.63, 3.8) is 0 Å². The van der Waals surface area contributed by atoms with Gasteiger partial charge in [-0.3, -0.25) is 4.79 Å². The number of rotatable bonds is 5. The van der Waals surface area contributed by atoms with Crippen molar-refractivity contribution < 1.29 is 4.79 Å². The van der Waals surface area contributed by atoms with E-state index in [4.69, 9.17) is 5.73 Å². The van der Waals surface area contributed by atoms with E-state index >= 15 is 0 Å². The molecule has 0 spiro atoms. The molecule has 0 aliphatic carbocycles. The second-order valence-electron chi connectivity index (χ2n) is 4.79. The molecule has 0 unspecified atom stereocenters. The van der Waals surface area contributed by atoms with Crippen molar-refractivity contribution in [1.29, 1.82) is 0 Å². The third-order valence-electron chi connectivity index (χ3n) is 3.19. The van der Waals surface area contributed by atoms with E-state index in [-0.39, 0.29) is 11.9 Å². The predicted octanol–water partition coefficient (Wildman–Crippen LogP) is 2.88. The van der Waals surface area contributed by atoms with E-state index in [1.54, 1.807) is 11.8 Å². The fraction of sp³-hybridized carbons (Fsp3) is 0.500. The zero-order chi connectivity index (χ0) is 13.7. The molecule has 1 aromatic rings. The second kappa shape index (κ2) is 7.31. The van der Waals surface area contributed by atoms with Crippen LogP contribution in [0, 0.1) is 0 Å². The molecule has 0 aromatic heterocycles. The Morgan fingerprint density at radius 3 is 2.79 bits per heavy atom. The summed E-state index contributed by atoms with van der Waals surface area (Å²) in [5.74, 6) is 1.23. The van der Waals surface area contributed by atoms with E-state index < -0.39 is 0 Å². The minimum Gasteiger partial charge on any atom is -0.341 e. The van der Waals surface area contributed by atoms with Gasteiger partial charge in [0.25, 0.3) is 0 Å². The lowest BCUT2D eigenvalue weighted by molar-refractivity contribution is -0.130. The molecule has 2 N–H and O–H groups in total. The molecule has 3 nitrogen and oxygen atoms in total. The van der Waals surface area contributed by atoms with E-state index in [0.29, 0.717) is 6.42 Å². The Labute approximate surface area is 127 Å². The summed E-state index contributed by atoms with van der Waals surface area (Å²) in [6, 6.07) is 8.45. The van der Waals surface area contributed by atoms with Gasteiger partial charge in [0.15, 0.2) is 0 Å². The lowest BCUT2D eigenvalue weighted by Gasteiger charge is -2.15. The van der Waals surface area contributed by atoms with Gasteiger partial charge in [0.05, 0.1) is 0 Å². The highest BCUT2D eigenvalue weighted by Crippen LogP contribution is 2.22. The molecule has 1 aliphatic rings. The molecule has 0 bridgehead atoms. The fourth-order valence-electron chi connectivity index (χ4n) is 2.12. The Morgan fingerprint density at radius 1 is 1.42 bits per heavy atom. The van der Waals surface area contributed by atoms with Gasteiger partial charge in [-0.25, -0.2) is 0 Å². The minimum absolute atomic E-state index is 0.182. The third kappa shape index (κ3) is 4.82. The van der Waals surface area contributed by atoms with Crippen molar-refractivity contribution in [2.24, 2.45) is 5.73 Å². The maximum Gasteiger partial charge on any atom is 0.222 e. The Hall–Kier alpha value is -0.520. The number of halogens is 1. The van der Waals surface area contributed by atoms with Crippen LogP contribution < -0.4 is 5.73 Å². The van der Waals surface area contributed by atoms with Crippen LogP contribution in [0.1, 0.15) is 19.3 Å². The largest absolute Gasteiger partial charge is 0.341 e. The Morgan fingerprint density at radius 2 is 2.16 bits per heavy atom. The lowest BCUT2D eigenvalue weighted by Crippen LogP contribution is -2.31. The van der Waals surface area contributed by atoms with Crippen LogP contribution in [-0.2, 0) is 4.79 Å². The van der Waals surface area contributed by atoms with E-state index in [1.165, 1.54) is 4.90 Å². The zero-order valence-electron chi connectivity index (χ0n) is 10.8. The number of nitrogens with zero attached hydrogens (tertiary/aromatic N) is 1. The smallest absolute Gasteiger partial charge is 0.222 e. The van der Waals surface area contributed by atoms with Gasteiger partial charge >= 0.3 is 0 Å². The van der Waals surface area contributed by atoms with E-state index in [9.17, 15) is 4.79 Å². The maximum absolute atomic E-state index is 11.9. The van der Waals surface area contributed by atoms with Crippen molar-refractivity contribution in [1.82, 2.24) is 4.90 Å². The van der Waals surface area contributed by atoms with Gasteiger partial charge in [0.2, 0.25) is 5.91 Å². The second-order valence-corrected chi connectivity index (χ2v) is 6.88. The van der Waals surface area contributed by atoms with Gasteiger partial charge in [0.1, 0.15) is 0 Å². The summed E-state index contributed by atoms with van der Waals surface area (Å²) in [6.07, 6.45) is 2.50. The molecule has 104 valence electrons. The fourth-order valence-corrected chi connectivity index (χ4v) is 3.23. The van der Waals surface area contributed by atoms with Gasteiger partial charge in [-0.2, -0.15) is 0 Å². The van der Waals surface area contributed by atoms with Crippen molar-refractivity contribution in [2.75, 3.05) is 18.8 Å². The van der Waals surface area contributed by atoms with Crippen LogP contribution in [0.25, 0.3) is 0 Å². The number of amides is 1. The molecule has 5 heteroatoms. The summed E-state index contributed by atoms with van der Waals surface area (Å²) in [4.78, 5) is 15.0. The SMILES string of the molecule is N[C@@H]1CCN(C(=O)CCCSc2ccc(Br)cc2)C1. The number of likely N-dealkylation sites (tertiary alicyclic amines) is 1. The molecule has 2 rings (SSSR count). The molecule has 1 aromatic carbocycles. The average Bonchev–Trinajstić information content (AvgIpc) is 2.83. The zero-order valence-corrected chi connectivity index (χ0v) is 13.3. The number of thioether (sulfide) groups is 1. The van der Waals surface area contributed by atoms with Crippen LogP contribution >= 0.6 is 27.7 Å². The van der Waals surface area contributed by atoms with Crippen molar-refractivity contribution in [3.05, 3.63) is 28.7 Å².